The van der Waals surface area contributed by atoms with Crippen molar-refractivity contribution in [2.24, 2.45) is 11.7 Å². The third kappa shape index (κ3) is 3.10. The molecule has 0 aromatic rings. The molecule has 3 N–H and O–H groups in total. The molecule has 1 amide bonds. The summed E-state index contributed by atoms with van der Waals surface area (Å²) in [6.07, 6.45) is 7.05. The Morgan fingerprint density at radius 3 is 2.52 bits per heavy atom. The van der Waals surface area contributed by atoms with E-state index in [0.717, 1.165) is 38.3 Å². The lowest BCUT2D eigenvalue weighted by atomic mass is 9.84. The molecule has 2 saturated carbocycles. The van der Waals surface area contributed by atoms with Gasteiger partial charge in [0.15, 0.2) is 0 Å². The van der Waals surface area contributed by atoms with Crippen molar-refractivity contribution < 1.29 is 4.79 Å². The van der Waals surface area contributed by atoms with Gasteiger partial charge in [-0.05, 0) is 51.6 Å². The summed E-state index contributed by atoms with van der Waals surface area (Å²) < 4.78 is 0. The lowest BCUT2D eigenvalue weighted by molar-refractivity contribution is -0.125. The number of rotatable bonds is 6. The highest BCUT2D eigenvalue weighted by atomic mass is 16.1. The Balaban J connectivity index is 1.47. The van der Waals surface area contributed by atoms with Crippen LogP contribution in [0.1, 0.15) is 38.5 Å². The number of nitrogens with zero attached hydrogens (tertiary/aromatic N) is 2. The van der Waals surface area contributed by atoms with Crippen LogP contribution in [0.3, 0.4) is 0 Å². The zero-order valence-corrected chi connectivity index (χ0v) is 13.3. The zero-order chi connectivity index (χ0) is 14.9. The van der Waals surface area contributed by atoms with Gasteiger partial charge in [-0.3, -0.25) is 9.69 Å². The maximum Gasteiger partial charge on any atom is 0.238 e. The summed E-state index contributed by atoms with van der Waals surface area (Å²) >= 11 is 0. The Hall–Kier alpha value is -0.650. The van der Waals surface area contributed by atoms with Crippen LogP contribution in [0, 0.1) is 5.92 Å². The fourth-order valence-corrected chi connectivity index (χ4v) is 4.38. The van der Waals surface area contributed by atoms with Gasteiger partial charge >= 0.3 is 0 Å². The SMILES string of the molecule is CNC1(C(N)=O)CCCC1CCN1CCN(C2CC2)CC1. The smallest absolute Gasteiger partial charge is 0.238 e. The van der Waals surface area contributed by atoms with Gasteiger partial charge in [-0.1, -0.05) is 6.42 Å². The highest BCUT2D eigenvalue weighted by Gasteiger charge is 2.46. The van der Waals surface area contributed by atoms with E-state index in [0.29, 0.717) is 5.92 Å². The van der Waals surface area contributed by atoms with Crippen LogP contribution >= 0.6 is 0 Å². The molecule has 0 aromatic heterocycles. The maximum absolute atomic E-state index is 11.9. The van der Waals surface area contributed by atoms with Crippen LogP contribution in [0.4, 0.5) is 0 Å². The van der Waals surface area contributed by atoms with Crippen molar-refractivity contribution in [3.8, 4) is 0 Å². The first-order valence-electron chi connectivity index (χ1n) is 8.61. The Bertz CT molecular complexity index is 376. The summed E-state index contributed by atoms with van der Waals surface area (Å²) in [7, 11) is 1.89. The van der Waals surface area contributed by atoms with Gasteiger partial charge in [-0.25, -0.2) is 0 Å². The minimum absolute atomic E-state index is 0.161. The normalized spacial score (nSPS) is 35.2. The first-order chi connectivity index (χ1) is 10.2. The molecule has 0 bridgehead atoms. The Morgan fingerprint density at radius 1 is 1.24 bits per heavy atom. The summed E-state index contributed by atoms with van der Waals surface area (Å²) in [5.74, 6) is 0.243. The molecule has 1 aliphatic heterocycles. The number of likely N-dealkylation sites (N-methyl/N-ethyl adjacent to an activating group) is 1. The minimum Gasteiger partial charge on any atom is -0.368 e. The summed E-state index contributed by atoms with van der Waals surface area (Å²) in [6.45, 7) is 5.93. The molecule has 21 heavy (non-hydrogen) atoms. The summed E-state index contributed by atoms with van der Waals surface area (Å²) in [4.78, 5) is 17.1. The van der Waals surface area contributed by atoms with E-state index >= 15 is 0 Å². The lowest BCUT2D eigenvalue weighted by Crippen LogP contribution is -2.57. The van der Waals surface area contributed by atoms with E-state index in [1.807, 2.05) is 7.05 Å². The van der Waals surface area contributed by atoms with E-state index in [2.05, 4.69) is 15.1 Å². The molecule has 0 spiro atoms. The highest BCUT2D eigenvalue weighted by molar-refractivity contribution is 5.85. The highest BCUT2D eigenvalue weighted by Crippen LogP contribution is 2.37. The van der Waals surface area contributed by atoms with E-state index in [-0.39, 0.29) is 5.91 Å². The van der Waals surface area contributed by atoms with Crippen molar-refractivity contribution >= 4 is 5.91 Å². The van der Waals surface area contributed by atoms with Crippen molar-refractivity contribution in [1.82, 2.24) is 15.1 Å². The molecule has 120 valence electrons. The molecule has 5 heteroatoms. The third-order valence-electron chi connectivity index (χ3n) is 5.97. The zero-order valence-electron chi connectivity index (χ0n) is 13.3. The van der Waals surface area contributed by atoms with Crippen LogP contribution in [-0.4, -0.2) is 67.1 Å². The molecule has 2 atom stereocenters. The molecule has 3 fully saturated rings. The molecule has 3 aliphatic rings. The van der Waals surface area contributed by atoms with E-state index in [1.54, 1.807) is 0 Å². The summed E-state index contributed by atoms with van der Waals surface area (Å²) in [5, 5.41) is 3.24. The van der Waals surface area contributed by atoms with Gasteiger partial charge in [0, 0.05) is 32.2 Å². The largest absolute Gasteiger partial charge is 0.368 e. The average molecular weight is 294 g/mol. The predicted octanol–water partition coefficient (Wildman–Crippen LogP) is 0.400. The molecule has 1 heterocycles. The fourth-order valence-electron chi connectivity index (χ4n) is 4.38. The Kier molecular flexibility index (Phi) is 4.52. The van der Waals surface area contributed by atoms with Gasteiger partial charge in [0.2, 0.25) is 5.91 Å². The van der Waals surface area contributed by atoms with E-state index in [9.17, 15) is 4.79 Å². The first kappa shape index (κ1) is 15.3. The topological polar surface area (TPSA) is 61.6 Å². The van der Waals surface area contributed by atoms with Crippen LogP contribution in [0.15, 0.2) is 0 Å². The molecule has 1 saturated heterocycles. The second-order valence-corrected chi connectivity index (χ2v) is 7.07. The third-order valence-corrected chi connectivity index (χ3v) is 5.97. The quantitative estimate of drug-likeness (QED) is 0.744. The number of piperazine rings is 1. The number of carbonyl (C=O) groups excluding carboxylic acids is 1. The molecular weight excluding hydrogens is 264 g/mol. The number of hydrogen-bond acceptors (Lipinski definition) is 4. The molecule has 3 rings (SSSR count). The van der Waals surface area contributed by atoms with Crippen molar-refractivity contribution in [3.63, 3.8) is 0 Å². The van der Waals surface area contributed by atoms with Gasteiger partial charge in [0.05, 0.1) is 0 Å². The monoisotopic (exact) mass is 294 g/mol. The van der Waals surface area contributed by atoms with Crippen molar-refractivity contribution in [1.29, 1.82) is 0 Å². The van der Waals surface area contributed by atoms with Gasteiger partial charge in [0.25, 0.3) is 0 Å². The number of amides is 1. The summed E-state index contributed by atoms with van der Waals surface area (Å²) in [5.41, 5.74) is 5.23. The number of nitrogens with one attached hydrogen (secondary N) is 1. The van der Waals surface area contributed by atoms with E-state index in [1.165, 1.54) is 39.0 Å². The van der Waals surface area contributed by atoms with E-state index < -0.39 is 5.54 Å². The van der Waals surface area contributed by atoms with Crippen LogP contribution in [-0.2, 0) is 4.79 Å². The van der Waals surface area contributed by atoms with Gasteiger partial charge in [-0.15, -0.1) is 0 Å². The molecule has 2 unspecified atom stereocenters. The van der Waals surface area contributed by atoms with E-state index in [4.69, 9.17) is 5.73 Å². The second-order valence-electron chi connectivity index (χ2n) is 7.07. The number of hydrogen-bond donors (Lipinski definition) is 2. The fraction of sp³-hybridized carbons (Fsp3) is 0.938. The van der Waals surface area contributed by atoms with Crippen molar-refractivity contribution in [2.75, 3.05) is 39.8 Å². The summed E-state index contributed by atoms with van der Waals surface area (Å²) in [6, 6.07) is 0.897. The molecular formula is C16H30N4O. The minimum atomic E-state index is -0.449. The average Bonchev–Trinajstić information content (AvgIpc) is 3.25. The molecule has 5 nitrogen and oxygen atoms in total. The first-order valence-corrected chi connectivity index (χ1v) is 8.61. The Labute approximate surface area is 128 Å². The number of carbonyl (C=O) groups is 1. The number of primary amides is 1. The second kappa shape index (κ2) is 6.23. The van der Waals surface area contributed by atoms with Crippen molar-refractivity contribution in [2.45, 2.75) is 50.1 Å². The van der Waals surface area contributed by atoms with Crippen molar-refractivity contribution in [3.05, 3.63) is 0 Å². The number of nitrogens with two attached hydrogens (primary N) is 1. The maximum atomic E-state index is 11.9. The van der Waals surface area contributed by atoms with Gasteiger partial charge in [-0.2, -0.15) is 0 Å². The van der Waals surface area contributed by atoms with Crippen LogP contribution in [0.2, 0.25) is 0 Å². The molecule has 0 aromatic carbocycles. The van der Waals surface area contributed by atoms with Gasteiger partial charge in [0.1, 0.15) is 5.54 Å². The Morgan fingerprint density at radius 2 is 1.95 bits per heavy atom. The lowest BCUT2D eigenvalue weighted by Gasteiger charge is -2.37. The molecule has 2 aliphatic carbocycles. The van der Waals surface area contributed by atoms with Crippen LogP contribution in [0.25, 0.3) is 0 Å². The van der Waals surface area contributed by atoms with Gasteiger partial charge < -0.3 is 16.0 Å². The molecule has 0 radical (unpaired) electrons. The standard InChI is InChI=1S/C16H30N4O/c1-18-16(15(17)21)7-2-3-13(16)6-8-19-9-11-20(12-10-19)14-4-5-14/h13-14,18H,2-12H2,1H3,(H2,17,21). The predicted molar refractivity (Wildman–Crippen MR) is 84.0 cm³/mol. The van der Waals surface area contributed by atoms with Crippen LogP contribution in [0.5, 0.6) is 0 Å². The van der Waals surface area contributed by atoms with Crippen LogP contribution < -0.4 is 11.1 Å².